The largest absolute Gasteiger partial charge is 0.349 e. The van der Waals surface area contributed by atoms with Crippen LogP contribution in [0.3, 0.4) is 0 Å². The number of thiocarbonyl (C=S) groups is 1. The van der Waals surface area contributed by atoms with E-state index >= 15 is 0 Å². The highest BCUT2D eigenvalue weighted by Crippen LogP contribution is 2.20. The van der Waals surface area contributed by atoms with E-state index in [9.17, 15) is 0 Å². The quantitative estimate of drug-likeness (QED) is 0.769. The average Bonchev–Trinajstić information content (AvgIpc) is 2.60. The van der Waals surface area contributed by atoms with Crippen LogP contribution < -0.4 is 5.32 Å². The van der Waals surface area contributed by atoms with Crippen LogP contribution >= 0.6 is 12.2 Å². The Morgan fingerprint density at radius 1 is 1.29 bits per heavy atom. The number of para-hydroxylation sites is 1. The van der Waals surface area contributed by atoms with E-state index in [1.165, 1.54) is 31.4 Å². The Balaban J connectivity index is 1.82. The first kappa shape index (κ1) is 19.2. The lowest BCUT2D eigenvalue weighted by Gasteiger charge is -2.38. The van der Waals surface area contributed by atoms with Crippen molar-refractivity contribution < 1.29 is 0 Å². The normalized spacial score (nSPS) is 16.0. The zero-order valence-corrected chi connectivity index (χ0v) is 16.5. The number of aryl methyl sites for hydroxylation is 1. The minimum absolute atomic E-state index is 0.700. The zero-order chi connectivity index (χ0) is 17.5. The molecule has 1 aromatic rings. The van der Waals surface area contributed by atoms with Gasteiger partial charge in [-0.1, -0.05) is 39.0 Å². The SMILES string of the molecule is CCc1ccccc1NC(=S)N1CCC(N(C)CCC(C)C)CC1. The third-order valence-electron chi connectivity index (χ3n) is 5.07. The summed E-state index contributed by atoms with van der Waals surface area (Å²) in [4.78, 5) is 4.87. The van der Waals surface area contributed by atoms with Crippen molar-refractivity contribution in [3.63, 3.8) is 0 Å². The van der Waals surface area contributed by atoms with Gasteiger partial charge >= 0.3 is 0 Å². The van der Waals surface area contributed by atoms with Gasteiger partial charge in [-0.15, -0.1) is 0 Å². The van der Waals surface area contributed by atoms with Crippen LogP contribution in [0.25, 0.3) is 0 Å². The predicted octanol–water partition coefficient (Wildman–Crippen LogP) is 4.39. The Hall–Kier alpha value is -1.13. The predicted molar refractivity (Wildman–Crippen MR) is 109 cm³/mol. The molecule has 1 aromatic carbocycles. The minimum Gasteiger partial charge on any atom is -0.349 e. The monoisotopic (exact) mass is 347 g/mol. The van der Waals surface area contributed by atoms with Gasteiger partial charge in [-0.2, -0.15) is 0 Å². The third-order valence-corrected chi connectivity index (χ3v) is 5.43. The highest BCUT2D eigenvalue weighted by Gasteiger charge is 2.23. The number of hydrogen-bond acceptors (Lipinski definition) is 2. The Morgan fingerprint density at radius 3 is 2.58 bits per heavy atom. The molecule has 134 valence electrons. The summed E-state index contributed by atoms with van der Waals surface area (Å²) in [5.74, 6) is 0.781. The van der Waals surface area contributed by atoms with Crippen LogP contribution in [-0.4, -0.2) is 47.6 Å². The minimum atomic E-state index is 0.700. The molecule has 4 heteroatoms. The van der Waals surface area contributed by atoms with E-state index in [0.717, 1.165) is 36.2 Å². The van der Waals surface area contributed by atoms with Gasteiger partial charge in [0.1, 0.15) is 0 Å². The summed E-state index contributed by atoms with van der Waals surface area (Å²) in [6, 6.07) is 9.15. The number of piperidine rings is 1. The maximum atomic E-state index is 5.65. The van der Waals surface area contributed by atoms with Crippen molar-refractivity contribution in [2.45, 2.75) is 52.5 Å². The molecule has 0 bridgehead atoms. The lowest BCUT2D eigenvalue weighted by Crippen LogP contribution is -2.47. The average molecular weight is 348 g/mol. The number of rotatable bonds is 6. The Kier molecular flexibility index (Phi) is 7.50. The second kappa shape index (κ2) is 9.38. The van der Waals surface area contributed by atoms with Gasteiger partial charge in [0.05, 0.1) is 0 Å². The Morgan fingerprint density at radius 2 is 1.96 bits per heavy atom. The van der Waals surface area contributed by atoms with Crippen molar-refractivity contribution >= 4 is 23.0 Å². The highest BCUT2D eigenvalue weighted by atomic mass is 32.1. The summed E-state index contributed by atoms with van der Waals surface area (Å²) in [7, 11) is 2.27. The van der Waals surface area contributed by atoms with E-state index in [2.05, 4.69) is 67.2 Å². The van der Waals surface area contributed by atoms with Gasteiger partial charge in [0.25, 0.3) is 0 Å². The van der Waals surface area contributed by atoms with Gasteiger partial charge in [0, 0.05) is 24.8 Å². The summed E-state index contributed by atoms with van der Waals surface area (Å²) >= 11 is 5.65. The summed E-state index contributed by atoms with van der Waals surface area (Å²) in [5, 5.41) is 4.33. The second-order valence-electron chi connectivity index (χ2n) is 7.32. The van der Waals surface area contributed by atoms with Crippen LogP contribution in [0.1, 0.15) is 45.6 Å². The van der Waals surface area contributed by atoms with E-state index in [4.69, 9.17) is 12.2 Å². The molecule has 1 heterocycles. The molecular formula is C20H33N3S. The fraction of sp³-hybridized carbons (Fsp3) is 0.650. The molecule has 24 heavy (non-hydrogen) atoms. The maximum Gasteiger partial charge on any atom is 0.173 e. The molecule has 2 rings (SSSR count). The number of benzene rings is 1. The standard InChI is InChI=1S/C20H33N3S/c1-5-17-8-6-7-9-19(17)21-20(24)23-14-11-18(12-15-23)22(4)13-10-16(2)3/h6-9,16,18H,5,10-15H2,1-4H3,(H,21,24). The molecular weight excluding hydrogens is 314 g/mol. The maximum absolute atomic E-state index is 5.65. The lowest BCUT2D eigenvalue weighted by atomic mass is 10.0. The van der Waals surface area contributed by atoms with Crippen molar-refractivity contribution in [3.8, 4) is 0 Å². The molecule has 0 aromatic heterocycles. The van der Waals surface area contributed by atoms with Gasteiger partial charge in [-0.05, 0) is 69.0 Å². The first-order valence-electron chi connectivity index (χ1n) is 9.35. The summed E-state index contributed by atoms with van der Waals surface area (Å²) in [6.45, 7) is 10.1. The fourth-order valence-electron chi connectivity index (χ4n) is 3.30. The van der Waals surface area contributed by atoms with Gasteiger partial charge in [0.15, 0.2) is 5.11 Å². The Labute approximate surface area is 153 Å². The van der Waals surface area contributed by atoms with E-state index < -0.39 is 0 Å². The van der Waals surface area contributed by atoms with Crippen molar-refractivity contribution in [1.82, 2.24) is 9.80 Å². The topological polar surface area (TPSA) is 18.5 Å². The van der Waals surface area contributed by atoms with E-state index in [1.807, 2.05) is 0 Å². The number of nitrogens with one attached hydrogen (secondary N) is 1. The number of nitrogens with zero attached hydrogens (tertiary/aromatic N) is 2. The molecule has 0 radical (unpaired) electrons. The van der Waals surface area contributed by atoms with Gasteiger partial charge < -0.3 is 15.1 Å². The van der Waals surface area contributed by atoms with Crippen molar-refractivity contribution in [1.29, 1.82) is 0 Å². The number of anilines is 1. The molecule has 0 amide bonds. The van der Waals surface area contributed by atoms with Crippen LogP contribution in [0.5, 0.6) is 0 Å². The molecule has 0 aliphatic carbocycles. The van der Waals surface area contributed by atoms with Gasteiger partial charge in [-0.25, -0.2) is 0 Å². The smallest absolute Gasteiger partial charge is 0.173 e. The molecule has 1 saturated heterocycles. The van der Waals surface area contributed by atoms with Crippen LogP contribution in [0.2, 0.25) is 0 Å². The summed E-state index contributed by atoms with van der Waals surface area (Å²) < 4.78 is 0. The van der Waals surface area contributed by atoms with Gasteiger partial charge in [0.2, 0.25) is 0 Å². The Bertz CT molecular complexity index is 521. The molecule has 1 aliphatic rings. The molecule has 0 saturated carbocycles. The summed E-state index contributed by atoms with van der Waals surface area (Å²) in [5.41, 5.74) is 2.48. The summed E-state index contributed by atoms with van der Waals surface area (Å²) in [6.07, 6.45) is 4.71. The highest BCUT2D eigenvalue weighted by molar-refractivity contribution is 7.80. The van der Waals surface area contributed by atoms with Crippen LogP contribution in [0.4, 0.5) is 5.69 Å². The van der Waals surface area contributed by atoms with Crippen LogP contribution in [0, 0.1) is 5.92 Å². The van der Waals surface area contributed by atoms with Gasteiger partial charge in [-0.3, -0.25) is 0 Å². The fourth-order valence-corrected chi connectivity index (χ4v) is 3.59. The molecule has 1 N–H and O–H groups in total. The van der Waals surface area contributed by atoms with Crippen molar-refractivity contribution in [2.24, 2.45) is 5.92 Å². The molecule has 1 aliphatic heterocycles. The second-order valence-corrected chi connectivity index (χ2v) is 7.71. The number of likely N-dealkylation sites (tertiary alicyclic amines) is 1. The van der Waals surface area contributed by atoms with E-state index in [1.54, 1.807) is 0 Å². The van der Waals surface area contributed by atoms with Crippen molar-refractivity contribution in [2.75, 3.05) is 32.0 Å². The lowest BCUT2D eigenvalue weighted by molar-refractivity contribution is 0.159. The van der Waals surface area contributed by atoms with Crippen molar-refractivity contribution in [3.05, 3.63) is 29.8 Å². The third kappa shape index (κ3) is 5.45. The first-order valence-corrected chi connectivity index (χ1v) is 9.76. The van der Waals surface area contributed by atoms with Crippen LogP contribution in [0.15, 0.2) is 24.3 Å². The molecule has 0 unspecified atom stereocenters. The number of hydrogen-bond donors (Lipinski definition) is 1. The van der Waals surface area contributed by atoms with Crippen LogP contribution in [-0.2, 0) is 6.42 Å². The van der Waals surface area contributed by atoms with E-state index in [-0.39, 0.29) is 0 Å². The zero-order valence-electron chi connectivity index (χ0n) is 15.7. The first-order chi connectivity index (χ1) is 11.5. The molecule has 0 spiro atoms. The molecule has 1 fully saturated rings. The molecule has 0 atom stereocenters. The molecule has 3 nitrogen and oxygen atoms in total. The van der Waals surface area contributed by atoms with E-state index in [0.29, 0.717) is 6.04 Å².